The summed E-state index contributed by atoms with van der Waals surface area (Å²) in [4.78, 5) is 29.7. The number of nitro benzene ring substituents is 1. The number of amides is 1. The Balaban J connectivity index is 2.41. The minimum atomic E-state index is -0.458. The lowest BCUT2D eigenvalue weighted by atomic mass is 10.2. The molecular weight excluding hydrogens is 302 g/mol. The topological polar surface area (TPSA) is 76.3 Å². The minimum absolute atomic E-state index is 0.0244. The van der Waals surface area contributed by atoms with Crippen molar-refractivity contribution in [3.05, 3.63) is 50.0 Å². The highest BCUT2D eigenvalue weighted by molar-refractivity contribution is 7.13. The van der Waals surface area contributed by atoms with Crippen molar-refractivity contribution in [2.75, 3.05) is 11.4 Å². The molecule has 0 fully saturated rings. The molecular formula is C15H17N3O3S. The maximum absolute atomic E-state index is 12.8. The molecule has 1 heterocycles. The first kappa shape index (κ1) is 16.1. The molecule has 0 saturated heterocycles. The number of anilines is 1. The van der Waals surface area contributed by atoms with Crippen LogP contribution < -0.4 is 4.90 Å². The number of hydrogen-bond donors (Lipinski definition) is 0. The van der Waals surface area contributed by atoms with Crippen LogP contribution >= 0.6 is 11.3 Å². The zero-order chi connectivity index (χ0) is 16.3. The third kappa shape index (κ3) is 3.30. The first-order chi connectivity index (χ1) is 10.4. The Hall–Kier alpha value is -2.28. The largest absolute Gasteiger partial charge is 0.307 e. The summed E-state index contributed by atoms with van der Waals surface area (Å²) in [6.45, 7) is 6.11. The number of carbonyl (C=O) groups excluding carboxylic acids is 1. The molecule has 22 heavy (non-hydrogen) atoms. The van der Waals surface area contributed by atoms with E-state index in [0.29, 0.717) is 22.8 Å². The van der Waals surface area contributed by atoms with Gasteiger partial charge in [-0.05, 0) is 26.3 Å². The first-order valence-electron chi connectivity index (χ1n) is 6.94. The third-order valence-electron chi connectivity index (χ3n) is 3.14. The van der Waals surface area contributed by atoms with Gasteiger partial charge < -0.3 is 4.90 Å². The van der Waals surface area contributed by atoms with Crippen molar-refractivity contribution in [2.45, 2.75) is 27.2 Å². The van der Waals surface area contributed by atoms with Gasteiger partial charge in [0, 0.05) is 18.7 Å². The highest BCUT2D eigenvalue weighted by Crippen LogP contribution is 2.26. The molecule has 0 aliphatic rings. The molecule has 7 heteroatoms. The second-order valence-electron chi connectivity index (χ2n) is 4.88. The molecule has 0 radical (unpaired) electrons. The predicted octanol–water partition coefficient (Wildman–Crippen LogP) is 3.72. The van der Waals surface area contributed by atoms with E-state index in [1.54, 1.807) is 24.0 Å². The number of aromatic nitrogens is 1. The number of hydrogen-bond acceptors (Lipinski definition) is 5. The lowest BCUT2D eigenvalue weighted by Gasteiger charge is -2.21. The van der Waals surface area contributed by atoms with Crippen molar-refractivity contribution in [2.24, 2.45) is 0 Å². The van der Waals surface area contributed by atoms with Crippen LogP contribution in [0, 0.1) is 24.0 Å². The summed E-state index contributed by atoms with van der Waals surface area (Å²) in [5.41, 5.74) is 1.20. The Labute approximate surface area is 132 Å². The van der Waals surface area contributed by atoms with Crippen molar-refractivity contribution in [1.82, 2.24) is 4.98 Å². The second kappa shape index (κ2) is 6.65. The highest BCUT2D eigenvalue weighted by Gasteiger charge is 2.22. The van der Waals surface area contributed by atoms with E-state index in [-0.39, 0.29) is 11.6 Å². The van der Waals surface area contributed by atoms with E-state index in [4.69, 9.17) is 0 Å². The van der Waals surface area contributed by atoms with E-state index >= 15 is 0 Å². The minimum Gasteiger partial charge on any atom is -0.307 e. The summed E-state index contributed by atoms with van der Waals surface area (Å²) < 4.78 is 0. The van der Waals surface area contributed by atoms with Gasteiger partial charge >= 0.3 is 0 Å². The maximum Gasteiger partial charge on any atom is 0.271 e. The molecule has 0 unspecified atom stereocenters. The maximum atomic E-state index is 12.8. The molecule has 2 aromatic rings. The molecule has 116 valence electrons. The van der Waals surface area contributed by atoms with Gasteiger partial charge in [-0.2, -0.15) is 0 Å². The summed E-state index contributed by atoms with van der Waals surface area (Å²) in [5, 5.41) is 11.8. The van der Waals surface area contributed by atoms with E-state index in [9.17, 15) is 14.9 Å². The molecule has 0 aliphatic heterocycles. The number of thiazole rings is 1. The number of nitro groups is 1. The summed E-state index contributed by atoms with van der Waals surface area (Å²) >= 11 is 1.35. The average molecular weight is 319 g/mol. The zero-order valence-corrected chi connectivity index (χ0v) is 13.5. The molecule has 0 saturated carbocycles. The van der Waals surface area contributed by atoms with Gasteiger partial charge in [0.1, 0.15) is 4.88 Å². The van der Waals surface area contributed by atoms with Gasteiger partial charge in [-0.25, -0.2) is 4.98 Å². The lowest BCUT2D eigenvalue weighted by Crippen LogP contribution is -2.31. The fourth-order valence-corrected chi connectivity index (χ4v) is 3.07. The molecule has 0 aliphatic carbocycles. The fraction of sp³-hybridized carbons (Fsp3) is 0.333. The van der Waals surface area contributed by atoms with Crippen molar-refractivity contribution >= 4 is 28.6 Å². The quantitative estimate of drug-likeness (QED) is 0.621. The normalized spacial score (nSPS) is 10.5. The Bertz CT molecular complexity index is 712. The number of rotatable bonds is 5. The van der Waals surface area contributed by atoms with E-state index in [2.05, 4.69) is 4.98 Å². The van der Waals surface area contributed by atoms with E-state index in [1.807, 2.05) is 13.8 Å². The lowest BCUT2D eigenvalue weighted by molar-refractivity contribution is -0.384. The summed E-state index contributed by atoms with van der Waals surface area (Å²) in [6, 6.07) is 6.15. The Morgan fingerprint density at radius 2 is 2.14 bits per heavy atom. The second-order valence-corrected chi connectivity index (χ2v) is 6.08. The SMILES string of the molecule is CCCN(C(=O)c1sc(C)nc1C)c1cccc([N+](=O)[O-])c1. The van der Waals surface area contributed by atoms with Gasteiger partial charge in [0.15, 0.2) is 0 Å². The number of carbonyl (C=O) groups is 1. The number of non-ortho nitro benzene ring substituents is 1. The van der Waals surface area contributed by atoms with E-state index in [1.165, 1.54) is 23.5 Å². The molecule has 0 atom stereocenters. The zero-order valence-electron chi connectivity index (χ0n) is 12.7. The average Bonchev–Trinajstić information content (AvgIpc) is 2.83. The van der Waals surface area contributed by atoms with Crippen LogP contribution in [0.1, 0.15) is 33.7 Å². The molecule has 1 aromatic heterocycles. The summed E-state index contributed by atoms with van der Waals surface area (Å²) in [5.74, 6) is -0.162. The van der Waals surface area contributed by atoms with E-state index in [0.717, 1.165) is 11.4 Å². The van der Waals surface area contributed by atoms with E-state index < -0.39 is 4.92 Å². The third-order valence-corrected chi connectivity index (χ3v) is 4.20. The highest BCUT2D eigenvalue weighted by atomic mass is 32.1. The summed E-state index contributed by atoms with van der Waals surface area (Å²) in [7, 11) is 0. The van der Waals surface area contributed by atoms with Gasteiger partial charge in [-0.15, -0.1) is 11.3 Å². The van der Waals surface area contributed by atoms with Crippen LogP contribution in [-0.2, 0) is 0 Å². The van der Waals surface area contributed by atoms with Gasteiger partial charge in [0.05, 0.1) is 21.3 Å². The van der Waals surface area contributed by atoms with Crippen LogP contribution in [-0.4, -0.2) is 22.4 Å². The van der Waals surface area contributed by atoms with Crippen molar-refractivity contribution in [3.8, 4) is 0 Å². The molecule has 1 amide bonds. The van der Waals surface area contributed by atoms with Crippen LogP contribution in [0.3, 0.4) is 0 Å². The monoisotopic (exact) mass is 319 g/mol. The molecule has 0 N–H and O–H groups in total. The predicted molar refractivity (Wildman–Crippen MR) is 86.7 cm³/mol. The Morgan fingerprint density at radius 1 is 1.41 bits per heavy atom. The Kier molecular flexibility index (Phi) is 4.87. The smallest absolute Gasteiger partial charge is 0.271 e. The molecule has 0 bridgehead atoms. The first-order valence-corrected chi connectivity index (χ1v) is 7.76. The van der Waals surface area contributed by atoms with Gasteiger partial charge in [-0.1, -0.05) is 13.0 Å². The fourth-order valence-electron chi connectivity index (χ4n) is 2.20. The van der Waals surface area contributed by atoms with Gasteiger partial charge in [-0.3, -0.25) is 14.9 Å². The van der Waals surface area contributed by atoms with Crippen LogP contribution in [0.15, 0.2) is 24.3 Å². The van der Waals surface area contributed by atoms with Gasteiger partial charge in [0.2, 0.25) is 0 Å². The van der Waals surface area contributed by atoms with Gasteiger partial charge in [0.25, 0.3) is 11.6 Å². The number of aryl methyl sites for hydroxylation is 2. The molecule has 0 spiro atoms. The number of benzene rings is 1. The number of nitrogens with zero attached hydrogens (tertiary/aromatic N) is 3. The molecule has 6 nitrogen and oxygen atoms in total. The van der Waals surface area contributed by atoms with Crippen LogP contribution in [0.2, 0.25) is 0 Å². The molecule has 2 rings (SSSR count). The molecule has 1 aromatic carbocycles. The Morgan fingerprint density at radius 3 is 2.68 bits per heavy atom. The van der Waals surface area contributed by atoms with Crippen LogP contribution in [0.5, 0.6) is 0 Å². The summed E-state index contributed by atoms with van der Waals surface area (Å²) in [6.07, 6.45) is 0.755. The van der Waals surface area contributed by atoms with Crippen LogP contribution in [0.4, 0.5) is 11.4 Å². The van der Waals surface area contributed by atoms with Crippen molar-refractivity contribution in [1.29, 1.82) is 0 Å². The van der Waals surface area contributed by atoms with Crippen molar-refractivity contribution < 1.29 is 9.72 Å². The van der Waals surface area contributed by atoms with Crippen LogP contribution in [0.25, 0.3) is 0 Å². The standard InChI is InChI=1S/C15H17N3O3S/c1-4-8-17(12-6-5-7-13(9-12)18(20)21)15(19)14-10(2)16-11(3)22-14/h5-7,9H,4,8H2,1-3H3. The van der Waals surface area contributed by atoms with Crippen molar-refractivity contribution in [3.63, 3.8) is 0 Å².